The zero-order valence-electron chi connectivity index (χ0n) is 18.4. The van der Waals surface area contributed by atoms with Crippen molar-refractivity contribution in [1.82, 2.24) is 4.98 Å². The Labute approximate surface area is 181 Å². The normalized spacial score (nSPS) is 11.5. The number of anilines is 1. The third-order valence-corrected chi connectivity index (χ3v) is 4.96. The van der Waals surface area contributed by atoms with Crippen LogP contribution >= 0.6 is 0 Å². The quantitative estimate of drug-likeness (QED) is 0.409. The number of amides is 1. The molecule has 1 N–H and O–H groups in total. The van der Waals surface area contributed by atoms with Crippen LogP contribution in [0.5, 0.6) is 11.8 Å². The monoisotopic (exact) mass is 432 g/mol. The van der Waals surface area contributed by atoms with Gasteiger partial charge in [-0.15, -0.1) is 0 Å². The summed E-state index contributed by atoms with van der Waals surface area (Å²) in [6.07, 6.45) is 3.85. The molecule has 1 amide bonds. The number of nitrogens with one attached hydrogen (secondary N) is 1. The highest BCUT2D eigenvalue weighted by Gasteiger charge is 2.22. The van der Waals surface area contributed by atoms with Gasteiger partial charge < -0.3 is 19.5 Å². The van der Waals surface area contributed by atoms with Crippen LogP contribution in [0.15, 0.2) is 30.3 Å². The fraction of sp³-hybridized carbons (Fsp3) is 0.435. The van der Waals surface area contributed by atoms with Gasteiger partial charge in [-0.3, -0.25) is 4.79 Å². The summed E-state index contributed by atoms with van der Waals surface area (Å²) >= 11 is 0. The number of esters is 1. The van der Waals surface area contributed by atoms with Crippen LogP contribution in [0.3, 0.4) is 0 Å². The molecule has 0 aliphatic carbocycles. The molecule has 7 nitrogen and oxygen atoms in total. The summed E-state index contributed by atoms with van der Waals surface area (Å²) in [4.78, 5) is 28.8. The summed E-state index contributed by atoms with van der Waals surface area (Å²) < 4.78 is 29.4. The summed E-state index contributed by atoms with van der Waals surface area (Å²) in [5.41, 5.74) is 0.873. The van der Waals surface area contributed by atoms with Crippen molar-refractivity contribution >= 4 is 17.6 Å². The molecule has 1 aromatic heterocycles. The number of carbonyl (C=O) groups excluding carboxylic acids is 2. The van der Waals surface area contributed by atoms with Crippen molar-refractivity contribution in [1.29, 1.82) is 0 Å². The number of rotatable bonds is 11. The molecule has 2 aromatic rings. The number of hydrogen-bond donors (Lipinski definition) is 1. The van der Waals surface area contributed by atoms with Gasteiger partial charge in [0.2, 0.25) is 17.7 Å². The summed E-state index contributed by atoms with van der Waals surface area (Å²) in [7, 11) is 4.27. The molecule has 0 radical (unpaired) electrons. The lowest BCUT2D eigenvalue weighted by atomic mass is 9.90. The topological polar surface area (TPSA) is 86.8 Å². The lowest BCUT2D eigenvalue weighted by molar-refractivity contribution is -0.116. The third kappa shape index (κ3) is 6.67. The van der Waals surface area contributed by atoms with E-state index in [1.54, 1.807) is 6.07 Å². The minimum Gasteiger partial charge on any atom is -0.481 e. The van der Waals surface area contributed by atoms with Gasteiger partial charge in [-0.05, 0) is 36.6 Å². The van der Waals surface area contributed by atoms with Crippen molar-refractivity contribution in [2.45, 2.75) is 44.9 Å². The molecule has 1 heterocycles. The van der Waals surface area contributed by atoms with E-state index in [9.17, 15) is 14.0 Å². The maximum absolute atomic E-state index is 14.2. The van der Waals surface area contributed by atoms with Gasteiger partial charge in [-0.1, -0.05) is 26.2 Å². The second-order valence-electron chi connectivity index (χ2n) is 7.08. The predicted octanol–water partition coefficient (Wildman–Crippen LogP) is 4.72. The van der Waals surface area contributed by atoms with Crippen LogP contribution < -0.4 is 14.8 Å². The number of methoxy groups -OCH3 is 3. The number of pyridine rings is 1. The van der Waals surface area contributed by atoms with E-state index in [0.29, 0.717) is 11.8 Å². The minimum absolute atomic E-state index is 0.0694. The molecule has 0 aliphatic rings. The van der Waals surface area contributed by atoms with Crippen molar-refractivity contribution in [3.8, 4) is 11.8 Å². The van der Waals surface area contributed by atoms with Crippen LogP contribution in [-0.2, 0) is 9.53 Å². The van der Waals surface area contributed by atoms with E-state index in [1.165, 1.54) is 33.5 Å². The van der Waals surface area contributed by atoms with Gasteiger partial charge in [0, 0.05) is 18.1 Å². The van der Waals surface area contributed by atoms with Crippen molar-refractivity contribution in [2.75, 3.05) is 26.6 Å². The minimum atomic E-state index is -0.632. The highest BCUT2D eigenvalue weighted by atomic mass is 19.1. The van der Waals surface area contributed by atoms with Crippen molar-refractivity contribution < 1.29 is 28.2 Å². The number of benzene rings is 1. The maximum atomic E-state index is 14.2. The number of halogens is 1. The first-order valence-electron chi connectivity index (χ1n) is 10.2. The van der Waals surface area contributed by atoms with E-state index >= 15 is 0 Å². The van der Waals surface area contributed by atoms with Crippen LogP contribution in [0.4, 0.5) is 10.1 Å². The van der Waals surface area contributed by atoms with Gasteiger partial charge in [0.15, 0.2) is 0 Å². The SMILES string of the molecule is CCCCCC(CC(=O)Nc1cc(C(=O)OC)ccc1F)c1ccc(OC)nc1OC. The van der Waals surface area contributed by atoms with E-state index in [2.05, 4.69) is 22.0 Å². The van der Waals surface area contributed by atoms with E-state index in [-0.39, 0.29) is 29.5 Å². The highest BCUT2D eigenvalue weighted by Crippen LogP contribution is 2.34. The van der Waals surface area contributed by atoms with Gasteiger partial charge in [0.05, 0.1) is 32.6 Å². The van der Waals surface area contributed by atoms with Gasteiger partial charge >= 0.3 is 5.97 Å². The van der Waals surface area contributed by atoms with Crippen molar-refractivity contribution in [3.05, 3.63) is 47.3 Å². The molecule has 1 unspecified atom stereocenters. The third-order valence-electron chi connectivity index (χ3n) is 4.96. The molecule has 1 atom stereocenters. The van der Waals surface area contributed by atoms with Crippen LogP contribution in [0.1, 0.15) is 60.9 Å². The summed E-state index contributed by atoms with van der Waals surface area (Å²) in [6, 6.07) is 7.26. The number of unbranched alkanes of at least 4 members (excludes halogenated alkanes) is 2. The average Bonchev–Trinajstić information content (AvgIpc) is 2.78. The maximum Gasteiger partial charge on any atom is 0.337 e. The van der Waals surface area contributed by atoms with Gasteiger partial charge in [-0.25, -0.2) is 9.18 Å². The number of aromatic nitrogens is 1. The molecule has 8 heteroatoms. The Morgan fingerprint density at radius 2 is 1.87 bits per heavy atom. The Morgan fingerprint density at radius 1 is 1.10 bits per heavy atom. The first kappa shape index (κ1) is 24.1. The smallest absolute Gasteiger partial charge is 0.337 e. The van der Waals surface area contributed by atoms with Crippen LogP contribution in [0.25, 0.3) is 0 Å². The van der Waals surface area contributed by atoms with Crippen molar-refractivity contribution in [3.63, 3.8) is 0 Å². The summed E-state index contributed by atoms with van der Waals surface area (Å²) in [5, 5.41) is 2.57. The molecular formula is C23H29FN2O5. The fourth-order valence-electron chi connectivity index (χ4n) is 3.32. The molecular weight excluding hydrogens is 403 g/mol. The van der Waals surface area contributed by atoms with E-state index in [0.717, 1.165) is 37.3 Å². The second kappa shape index (κ2) is 11.9. The number of ether oxygens (including phenoxy) is 3. The lowest BCUT2D eigenvalue weighted by Gasteiger charge is -2.19. The second-order valence-corrected chi connectivity index (χ2v) is 7.08. The Balaban J connectivity index is 2.23. The molecule has 0 saturated heterocycles. The molecule has 0 fully saturated rings. The Hall–Kier alpha value is -3.16. The van der Waals surface area contributed by atoms with E-state index in [4.69, 9.17) is 9.47 Å². The van der Waals surface area contributed by atoms with Crippen LogP contribution in [0, 0.1) is 5.82 Å². The standard InChI is InChI=1S/C23H29FN2O5/c1-5-6-7-8-15(17-10-12-21(29-2)26-22(17)30-3)14-20(27)25-19-13-16(23(28)31-4)9-11-18(19)24/h9-13,15H,5-8,14H2,1-4H3,(H,25,27). The largest absolute Gasteiger partial charge is 0.481 e. The highest BCUT2D eigenvalue weighted by molar-refractivity contribution is 5.95. The number of nitrogens with zero attached hydrogens (tertiary/aromatic N) is 1. The Morgan fingerprint density at radius 3 is 2.52 bits per heavy atom. The zero-order chi connectivity index (χ0) is 22.8. The molecule has 0 spiro atoms. The summed E-state index contributed by atoms with van der Waals surface area (Å²) in [5.74, 6) is -0.979. The van der Waals surface area contributed by atoms with Gasteiger partial charge in [-0.2, -0.15) is 4.98 Å². The van der Waals surface area contributed by atoms with Gasteiger partial charge in [0.1, 0.15) is 5.82 Å². The van der Waals surface area contributed by atoms with Gasteiger partial charge in [0.25, 0.3) is 0 Å². The fourth-order valence-corrected chi connectivity index (χ4v) is 3.32. The molecule has 31 heavy (non-hydrogen) atoms. The zero-order valence-corrected chi connectivity index (χ0v) is 18.4. The van der Waals surface area contributed by atoms with E-state index in [1.807, 2.05) is 6.07 Å². The predicted molar refractivity (Wildman–Crippen MR) is 115 cm³/mol. The van der Waals surface area contributed by atoms with Crippen LogP contribution in [0.2, 0.25) is 0 Å². The molecule has 1 aromatic carbocycles. The van der Waals surface area contributed by atoms with Crippen molar-refractivity contribution in [2.24, 2.45) is 0 Å². The molecule has 0 bridgehead atoms. The lowest BCUT2D eigenvalue weighted by Crippen LogP contribution is -2.18. The number of carbonyl (C=O) groups is 2. The number of hydrogen-bond acceptors (Lipinski definition) is 6. The molecule has 2 rings (SSSR count). The summed E-state index contributed by atoms with van der Waals surface area (Å²) in [6.45, 7) is 2.11. The van der Waals surface area contributed by atoms with Crippen LogP contribution in [-0.4, -0.2) is 38.2 Å². The Kier molecular flexibility index (Phi) is 9.24. The van der Waals surface area contributed by atoms with E-state index < -0.39 is 11.8 Å². The average molecular weight is 432 g/mol. The molecule has 168 valence electrons. The first-order valence-corrected chi connectivity index (χ1v) is 10.2. The molecule has 0 aliphatic heterocycles. The first-order chi connectivity index (χ1) is 14.9. The molecule has 0 saturated carbocycles. The Bertz CT molecular complexity index is 904.